The number of benzene rings is 3. The highest BCUT2D eigenvalue weighted by atomic mass is 19.4. The number of halogens is 3. The second-order valence-corrected chi connectivity index (χ2v) is 9.23. The molecule has 1 atom stereocenters. The summed E-state index contributed by atoms with van der Waals surface area (Å²) in [6.45, 7) is 1.78. The van der Waals surface area contributed by atoms with Crippen LogP contribution in [0.5, 0.6) is 0 Å². The van der Waals surface area contributed by atoms with Crippen LogP contribution in [0.25, 0.3) is 22.2 Å². The molecule has 4 rings (SSSR count). The zero-order valence-electron chi connectivity index (χ0n) is 20.8. The molecule has 4 aromatic rings. The fraction of sp³-hybridized carbons (Fsp3) is 0.233. The number of hydrogen-bond donors (Lipinski definition) is 2. The Bertz CT molecular complexity index is 1440. The third-order valence-electron chi connectivity index (χ3n) is 6.30. The van der Waals surface area contributed by atoms with Crippen molar-refractivity contribution < 1.29 is 27.9 Å². The number of aromatic nitrogens is 1. The van der Waals surface area contributed by atoms with Crippen LogP contribution in [0.4, 0.5) is 13.2 Å². The van der Waals surface area contributed by atoms with E-state index in [9.17, 15) is 22.8 Å². The highest BCUT2D eigenvalue weighted by Crippen LogP contribution is 2.33. The van der Waals surface area contributed by atoms with Gasteiger partial charge in [-0.1, -0.05) is 60.2 Å². The van der Waals surface area contributed by atoms with Gasteiger partial charge in [0.1, 0.15) is 0 Å². The molecule has 196 valence electrons. The molecule has 0 fully saturated rings. The van der Waals surface area contributed by atoms with Crippen molar-refractivity contribution >= 4 is 22.8 Å². The molecule has 3 aromatic carbocycles. The van der Waals surface area contributed by atoms with E-state index in [1.165, 1.54) is 24.3 Å². The third-order valence-corrected chi connectivity index (χ3v) is 6.30. The molecule has 2 N–H and O–H groups in total. The first-order valence-corrected chi connectivity index (χ1v) is 12.3. The zero-order valence-corrected chi connectivity index (χ0v) is 20.8. The van der Waals surface area contributed by atoms with Crippen LogP contribution in [-0.4, -0.2) is 28.1 Å². The van der Waals surface area contributed by atoms with Crippen molar-refractivity contribution in [2.45, 2.75) is 44.8 Å². The van der Waals surface area contributed by atoms with Crippen LogP contribution in [-0.2, 0) is 11.2 Å². The molecule has 0 aliphatic carbocycles. The van der Waals surface area contributed by atoms with Gasteiger partial charge in [-0.25, -0.2) is 4.98 Å². The summed E-state index contributed by atoms with van der Waals surface area (Å²) in [6.07, 6.45) is -2.91. The van der Waals surface area contributed by atoms with E-state index >= 15 is 0 Å². The first-order valence-electron chi connectivity index (χ1n) is 12.3. The molecule has 1 aromatic heterocycles. The average Bonchev–Trinajstić information content (AvgIpc) is 2.89. The summed E-state index contributed by atoms with van der Waals surface area (Å²) in [5, 5.41) is 11.7. The Morgan fingerprint density at radius 3 is 2.32 bits per heavy atom. The number of carboxylic acids is 1. The van der Waals surface area contributed by atoms with E-state index in [1.54, 1.807) is 25.1 Å². The van der Waals surface area contributed by atoms with Crippen molar-refractivity contribution in [2.24, 2.45) is 0 Å². The predicted octanol–water partition coefficient (Wildman–Crippen LogP) is 7.04. The number of fused-ring (bicyclic) bond motifs is 1. The number of carbonyl (C=O) groups excluding carboxylic acids is 1. The summed E-state index contributed by atoms with van der Waals surface area (Å²) < 4.78 is 41.5. The van der Waals surface area contributed by atoms with Gasteiger partial charge in [-0.05, 0) is 61.6 Å². The number of amides is 1. The van der Waals surface area contributed by atoms with E-state index in [2.05, 4.69) is 5.32 Å². The van der Waals surface area contributed by atoms with E-state index in [1.807, 2.05) is 36.4 Å². The Morgan fingerprint density at radius 1 is 0.947 bits per heavy atom. The lowest BCUT2D eigenvalue weighted by molar-refractivity contribution is -0.155. The van der Waals surface area contributed by atoms with Gasteiger partial charge in [-0.2, -0.15) is 13.2 Å². The Morgan fingerprint density at radius 2 is 1.66 bits per heavy atom. The third kappa shape index (κ3) is 6.56. The van der Waals surface area contributed by atoms with Crippen molar-refractivity contribution in [3.05, 3.63) is 101 Å². The highest BCUT2D eigenvalue weighted by molar-refractivity contribution is 5.98. The van der Waals surface area contributed by atoms with E-state index in [-0.39, 0.29) is 17.5 Å². The largest absolute Gasteiger partial charge is 0.481 e. The number of pyridine rings is 1. The number of hydrogen-bond acceptors (Lipinski definition) is 3. The standard InChI is InChI=1S/C30H27F3N2O3/c1-19-11-13-21(14-12-19)28(30(31,32)33)35-29(38)23-15-16-25-24(18-23)17-22(9-5-6-10-26(36)37)27(34-25)20-7-3-2-4-8-20/h2-4,7-8,11-18,28H,5-6,9-10H2,1H3,(H,35,38)(H,36,37)/t28-/m0/s1. The molecular formula is C30H27F3N2O3. The maximum atomic E-state index is 13.8. The van der Waals surface area contributed by atoms with Crippen LogP contribution in [0, 0.1) is 6.92 Å². The number of carbonyl (C=O) groups is 2. The second-order valence-electron chi connectivity index (χ2n) is 9.23. The van der Waals surface area contributed by atoms with Crippen molar-refractivity contribution in [1.82, 2.24) is 10.3 Å². The molecule has 0 aliphatic heterocycles. The number of aliphatic carboxylic acids is 1. The Labute approximate surface area is 218 Å². The number of alkyl halides is 3. The molecule has 0 bridgehead atoms. The minimum atomic E-state index is -4.67. The minimum Gasteiger partial charge on any atom is -0.481 e. The number of aryl methyl sites for hydroxylation is 2. The second kappa shape index (κ2) is 11.5. The predicted molar refractivity (Wildman–Crippen MR) is 140 cm³/mol. The smallest absolute Gasteiger partial charge is 0.412 e. The lowest BCUT2D eigenvalue weighted by Crippen LogP contribution is -2.38. The molecule has 1 amide bonds. The molecule has 38 heavy (non-hydrogen) atoms. The van der Waals surface area contributed by atoms with Crippen LogP contribution in [0.2, 0.25) is 0 Å². The molecule has 0 spiro atoms. The molecule has 0 saturated carbocycles. The van der Waals surface area contributed by atoms with Gasteiger partial charge in [0.2, 0.25) is 0 Å². The number of carboxylic acid groups (broad SMARTS) is 1. The van der Waals surface area contributed by atoms with Crippen LogP contribution < -0.4 is 5.32 Å². The van der Waals surface area contributed by atoms with Crippen LogP contribution in [0.15, 0.2) is 78.9 Å². The summed E-state index contributed by atoms with van der Waals surface area (Å²) in [5.41, 5.74) is 3.98. The molecule has 0 aliphatic rings. The van der Waals surface area contributed by atoms with Crippen LogP contribution in [0.1, 0.15) is 52.4 Å². The first kappa shape index (κ1) is 26.9. The summed E-state index contributed by atoms with van der Waals surface area (Å²) in [7, 11) is 0. The lowest BCUT2D eigenvalue weighted by atomic mass is 9.98. The summed E-state index contributed by atoms with van der Waals surface area (Å²) in [6, 6.07) is 19.8. The number of rotatable bonds is 9. The number of nitrogens with one attached hydrogen (secondary N) is 1. The topological polar surface area (TPSA) is 79.3 Å². The van der Waals surface area contributed by atoms with Crippen molar-refractivity contribution in [2.75, 3.05) is 0 Å². The Kier molecular flexibility index (Phi) is 8.10. The van der Waals surface area contributed by atoms with Gasteiger partial charge in [0, 0.05) is 22.9 Å². The van der Waals surface area contributed by atoms with Crippen LogP contribution >= 0.6 is 0 Å². The number of unbranched alkanes of at least 4 members (excludes halogenated alkanes) is 1. The highest BCUT2D eigenvalue weighted by Gasteiger charge is 2.42. The quantitative estimate of drug-likeness (QED) is 0.232. The maximum absolute atomic E-state index is 13.8. The van der Waals surface area contributed by atoms with Gasteiger partial charge in [0.05, 0.1) is 11.2 Å². The maximum Gasteiger partial charge on any atom is 0.412 e. The molecule has 5 nitrogen and oxygen atoms in total. The zero-order chi connectivity index (χ0) is 27.3. The fourth-order valence-corrected chi connectivity index (χ4v) is 4.32. The molecule has 0 saturated heterocycles. The molecule has 8 heteroatoms. The molecule has 0 unspecified atom stereocenters. The van der Waals surface area contributed by atoms with Crippen molar-refractivity contribution in [3.8, 4) is 11.3 Å². The first-order chi connectivity index (χ1) is 18.1. The SMILES string of the molecule is Cc1ccc([C@H](NC(=O)c2ccc3nc(-c4ccccc4)c(CCCCC(=O)O)cc3c2)C(F)(F)F)cc1. The van der Waals surface area contributed by atoms with Crippen molar-refractivity contribution in [1.29, 1.82) is 0 Å². The van der Waals surface area contributed by atoms with Gasteiger partial charge in [-0.3, -0.25) is 9.59 Å². The van der Waals surface area contributed by atoms with Gasteiger partial charge in [0.25, 0.3) is 5.91 Å². The van der Waals surface area contributed by atoms with E-state index in [4.69, 9.17) is 10.1 Å². The fourth-order valence-electron chi connectivity index (χ4n) is 4.32. The van der Waals surface area contributed by atoms with Gasteiger partial charge < -0.3 is 10.4 Å². The van der Waals surface area contributed by atoms with Gasteiger partial charge >= 0.3 is 12.1 Å². The van der Waals surface area contributed by atoms with Crippen molar-refractivity contribution in [3.63, 3.8) is 0 Å². The summed E-state index contributed by atoms with van der Waals surface area (Å²) in [5.74, 6) is -1.70. The normalized spacial score (nSPS) is 12.3. The summed E-state index contributed by atoms with van der Waals surface area (Å²) in [4.78, 5) is 28.6. The van der Waals surface area contributed by atoms with E-state index in [0.29, 0.717) is 30.2 Å². The van der Waals surface area contributed by atoms with Crippen LogP contribution in [0.3, 0.4) is 0 Å². The molecule has 1 heterocycles. The molecule has 0 radical (unpaired) electrons. The Balaban J connectivity index is 1.65. The number of nitrogens with zero attached hydrogens (tertiary/aromatic N) is 1. The monoisotopic (exact) mass is 520 g/mol. The van der Waals surface area contributed by atoms with E-state index in [0.717, 1.165) is 22.4 Å². The van der Waals surface area contributed by atoms with Gasteiger partial charge in [-0.15, -0.1) is 0 Å². The van der Waals surface area contributed by atoms with Gasteiger partial charge in [0.15, 0.2) is 6.04 Å². The van der Waals surface area contributed by atoms with E-state index < -0.39 is 24.1 Å². The average molecular weight is 521 g/mol. The lowest BCUT2D eigenvalue weighted by Gasteiger charge is -2.22. The Hall–Kier alpha value is -4.20. The molecular weight excluding hydrogens is 493 g/mol. The minimum absolute atomic E-state index is 0.0462. The summed E-state index contributed by atoms with van der Waals surface area (Å²) >= 11 is 0.